The van der Waals surface area contributed by atoms with Crippen LogP contribution in [0.25, 0.3) is 93.6 Å². The van der Waals surface area contributed by atoms with E-state index < -0.39 is 0 Å². The first-order chi connectivity index (χ1) is 27.2. The Morgan fingerprint density at radius 3 is 1.47 bits per heavy atom. The molecule has 11 rings (SSSR count). The summed E-state index contributed by atoms with van der Waals surface area (Å²) < 4.78 is 6.82. The van der Waals surface area contributed by atoms with Gasteiger partial charge in [0.1, 0.15) is 6.07 Å². The molecule has 0 saturated heterocycles. The van der Waals surface area contributed by atoms with E-state index in [-0.39, 0.29) is 0 Å². The highest BCUT2D eigenvalue weighted by Gasteiger charge is 2.19. The van der Waals surface area contributed by atoms with Crippen LogP contribution < -0.4 is 0 Å². The van der Waals surface area contributed by atoms with Gasteiger partial charge < -0.3 is 13.7 Å². The Labute approximate surface area is 316 Å². The third-order valence-corrected chi connectivity index (χ3v) is 11.1. The van der Waals surface area contributed by atoms with Gasteiger partial charge in [-0.05, 0) is 90.0 Å². The second kappa shape index (κ2) is 11.8. The van der Waals surface area contributed by atoms with Crippen molar-refractivity contribution in [1.29, 1.82) is 10.5 Å². The summed E-state index contributed by atoms with van der Waals surface area (Å²) in [6.45, 7) is 0. The molecule has 5 heteroatoms. The molecular formula is C50H29N5. The predicted molar refractivity (Wildman–Crippen MR) is 224 cm³/mol. The molecule has 5 nitrogen and oxygen atoms in total. The standard InChI is InChI=1S/C50H29N5/c51-30-32-20-24-49-43(26-32)41-15-4-7-18-47(41)54(49)37-22-23-42-40-14-3-8-19-48(40)55(50(42)29-37)44-25-21-34(27-35(44)31-52)33-10-9-11-36(28-33)53-45-16-5-1-12-38(45)39-13-2-6-17-46(39)53/h1-29H. The molecule has 0 aliphatic carbocycles. The first-order valence-electron chi connectivity index (χ1n) is 18.3. The van der Waals surface area contributed by atoms with Crippen molar-refractivity contribution in [3.8, 4) is 40.3 Å². The fraction of sp³-hybridized carbons (Fsp3) is 0. The molecule has 0 unspecified atom stereocenters. The summed E-state index contributed by atoms with van der Waals surface area (Å²) in [7, 11) is 0. The van der Waals surface area contributed by atoms with E-state index in [1.165, 1.54) is 10.8 Å². The zero-order chi connectivity index (χ0) is 36.6. The molecule has 0 radical (unpaired) electrons. The summed E-state index contributed by atoms with van der Waals surface area (Å²) in [5.41, 5.74) is 12.6. The molecule has 0 bridgehead atoms. The van der Waals surface area contributed by atoms with Crippen molar-refractivity contribution in [3.05, 3.63) is 187 Å². The number of hydrogen-bond donors (Lipinski definition) is 0. The highest BCUT2D eigenvalue weighted by Crippen LogP contribution is 2.39. The molecule has 0 saturated carbocycles. The minimum absolute atomic E-state index is 0.591. The first kappa shape index (κ1) is 30.7. The number of nitriles is 2. The van der Waals surface area contributed by atoms with Gasteiger partial charge in [-0.3, -0.25) is 0 Å². The Kier molecular flexibility index (Phi) is 6.61. The summed E-state index contributed by atoms with van der Waals surface area (Å²) in [4.78, 5) is 0. The van der Waals surface area contributed by atoms with Crippen LogP contribution in [0.5, 0.6) is 0 Å². The fourth-order valence-electron chi connectivity index (χ4n) is 8.70. The van der Waals surface area contributed by atoms with Crippen LogP contribution in [-0.2, 0) is 0 Å². The Balaban J connectivity index is 1.09. The van der Waals surface area contributed by atoms with Crippen molar-refractivity contribution >= 4 is 65.4 Å². The summed E-state index contributed by atoms with van der Waals surface area (Å²) in [5.74, 6) is 0. The maximum absolute atomic E-state index is 10.8. The van der Waals surface area contributed by atoms with E-state index in [4.69, 9.17) is 0 Å². The van der Waals surface area contributed by atoms with Gasteiger partial charge in [0.2, 0.25) is 0 Å². The van der Waals surface area contributed by atoms with Crippen molar-refractivity contribution in [2.24, 2.45) is 0 Å². The Morgan fingerprint density at radius 1 is 0.327 bits per heavy atom. The van der Waals surface area contributed by atoms with E-state index in [0.29, 0.717) is 11.1 Å². The molecule has 3 aromatic heterocycles. The summed E-state index contributed by atoms with van der Waals surface area (Å²) in [6, 6.07) is 66.0. The number of benzene rings is 8. The van der Waals surface area contributed by atoms with Gasteiger partial charge in [0.15, 0.2) is 0 Å². The summed E-state index contributed by atoms with van der Waals surface area (Å²) in [5, 5.41) is 27.3. The molecule has 8 aromatic carbocycles. The second-order valence-electron chi connectivity index (χ2n) is 14.0. The lowest BCUT2D eigenvalue weighted by Gasteiger charge is -2.14. The van der Waals surface area contributed by atoms with E-state index in [1.54, 1.807) is 0 Å². The Bertz CT molecular complexity index is 3420. The molecule has 0 aliphatic heterocycles. The molecular weight excluding hydrogens is 671 g/mol. The quantitative estimate of drug-likeness (QED) is 0.184. The van der Waals surface area contributed by atoms with E-state index >= 15 is 0 Å². The number of rotatable bonds is 4. The van der Waals surface area contributed by atoms with Gasteiger partial charge in [-0.2, -0.15) is 10.5 Å². The van der Waals surface area contributed by atoms with E-state index in [9.17, 15) is 10.5 Å². The smallest absolute Gasteiger partial charge is 0.101 e. The zero-order valence-electron chi connectivity index (χ0n) is 29.5. The van der Waals surface area contributed by atoms with Crippen LogP contribution in [-0.4, -0.2) is 13.7 Å². The van der Waals surface area contributed by atoms with Gasteiger partial charge >= 0.3 is 0 Å². The minimum atomic E-state index is 0.591. The molecule has 11 aromatic rings. The molecule has 0 atom stereocenters. The lowest BCUT2D eigenvalue weighted by molar-refractivity contribution is 1.15. The van der Waals surface area contributed by atoms with Crippen molar-refractivity contribution in [1.82, 2.24) is 13.7 Å². The normalized spacial score (nSPS) is 11.6. The average molecular weight is 700 g/mol. The average Bonchev–Trinajstić information content (AvgIpc) is 3.88. The first-order valence-corrected chi connectivity index (χ1v) is 18.3. The van der Waals surface area contributed by atoms with E-state index in [2.05, 4.69) is 171 Å². The molecule has 254 valence electrons. The number of aromatic nitrogens is 3. The Morgan fingerprint density at radius 2 is 0.855 bits per heavy atom. The molecule has 0 amide bonds. The largest absolute Gasteiger partial charge is 0.309 e. The highest BCUT2D eigenvalue weighted by atomic mass is 15.0. The van der Waals surface area contributed by atoms with E-state index in [0.717, 1.165) is 82.8 Å². The van der Waals surface area contributed by atoms with Crippen LogP contribution >= 0.6 is 0 Å². The van der Waals surface area contributed by atoms with Crippen LogP contribution in [0.1, 0.15) is 11.1 Å². The molecule has 0 fully saturated rings. The zero-order valence-corrected chi connectivity index (χ0v) is 29.5. The third-order valence-electron chi connectivity index (χ3n) is 11.1. The van der Waals surface area contributed by atoms with Crippen molar-refractivity contribution in [2.45, 2.75) is 0 Å². The Hall–Kier alpha value is -7.86. The van der Waals surface area contributed by atoms with Gasteiger partial charge in [0, 0.05) is 43.7 Å². The fourth-order valence-corrected chi connectivity index (χ4v) is 8.70. The predicted octanol–water partition coefficient (Wildman–Crippen LogP) is 12.4. The molecule has 0 N–H and O–H groups in total. The van der Waals surface area contributed by atoms with Gasteiger partial charge in [-0.1, -0.05) is 97.1 Å². The maximum Gasteiger partial charge on any atom is 0.101 e. The topological polar surface area (TPSA) is 62.4 Å². The van der Waals surface area contributed by atoms with Gasteiger partial charge in [-0.25, -0.2) is 0 Å². The monoisotopic (exact) mass is 699 g/mol. The maximum atomic E-state index is 10.8. The lowest BCUT2D eigenvalue weighted by atomic mass is 10.0. The lowest BCUT2D eigenvalue weighted by Crippen LogP contribution is -2.00. The molecule has 3 heterocycles. The summed E-state index contributed by atoms with van der Waals surface area (Å²) in [6.07, 6.45) is 0. The van der Waals surface area contributed by atoms with Gasteiger partial charge in [0.05, 0.1) is 56.0 Å². The molecule has 0 aliphatic rings. The second-order valence-corrected chi connectivity index (χ2v) is 14.0. The van der Waals surface area contributed by atoms with Crippen LogP contribution in [0.3, 0.4) is 0 Å². The van der Waals surface area contributed by atoms with Crippen LogP contribution in [0.4, 0.5) is 0 Å². The van der Waals surface area contributed by atoms with Crippen LogP contribution in [0.2, 0.25) is 0 Å². The number of hydrogen-bond acceptors (Lipinski definition) is 2. The minimum Gasteiger partial charge on any atom is -0.309 e. The number of nitrogens with zero attached hydrogens (tertiary/aromatic N) is 5. The van der Waals surface area contributed by atoms with E-state index in [1.807, 2.05) is 30.3 Å². The summed E-state index contributed by atoms with van der Waals surface area (Å²) >= 11 is 0. The van der Waals surface area contributed by atoms with Crippen molar-refractivity contribution < 1.29 is 0 Å². The van der Waals surface area contributed by atoms with Gasteiger partial charge in [0.25, 0.3) is 0 Å². The highest BCUT2D eigenvalue weighted by molar-refractivity contribution is 6.12. The van der Waals surface area contributed by atoms with Crippen LogP contribution in [0.15, 0.2) is 176 Å². The van der Waals surface area contributed by atoms with Crippen molar-refractivity contribution in [2.75, 3.05) is 0 Å². The molecule has 55 heavy (non-hydrogen) atoms. The number of fused-ring (bicyclic) bond motifs is 9. The van der Waals surface area contributed by atoms with Crippen molar-refractivity contribution in [3.63, 3.8) is 0 Å². The number of para-hydroxylation sites is 4. The molecule has 0 spiro atoms. The van der Waals surface area contributed by atoms with Gasteiger partial charge in [-0.15, -0.1) is 0 Å². The third kappa shape index (κ3) is 4.51. The SMILES string of the molecule is N#Cc1ccc2c(c1)c1ccccc1n2-c1ccc2c3ccccc3n(-c3ccc(-c4cccc(-n5c6ccccc6c6ccccc65)c4)cc3C#N)c2c1. The van der Waals surface area contributed by atoms with Crippen LogP contribution in [0, 0.1) is 22.7 Å².